The molecule has 2 aromatic heterocycles. The minimum Gasteiger partial charge on any atom is -0.481 e. The van der Waals surface area contributed by atoms with Gasteiger partial charge in [0, 0.05) is 30.6 Å². The zero-order valence-corrected chi connectivity index (χ0v) is 18.7. The highest BCUT2D eigenvalue weighted by molar-refractivity contribution is 6.34. The van der Waals surface area contributed by atoms with Crippen LogP contribution >= 0.6 is 11.6 Å². The Bertz CT molecular complexity index is 1070. The van der Waals surface area contributed by atoms with E-state index < -0.39 is 11.7 Å². The molecule has 4 N–H and O–H groups in total. The largest absolute Gasteiger partial charge is 0.481 e. The Labute approximate surface area is 195 Å². The fourth-order valence-corrected chi connectivity index (χ4v) is 3.60. The lowest BCUT2D eigenvalue weighted by Gasteiger charge is -2.31. The quantitative estimate of drug-likeness (QED) is 0.415. The number of pyridine rings is 2. The van der Waals surface area contributed by atoms with Gasteiger partial charge in [-0.25, -0.2) is 9.37 Å². The van der Waals surface area contributed by atoms with Crippen molar-refractivity contribution in [3.63, 3.8) is 0 Å². The molecule has 1 fully saturated rings. The van der Waals surface area contributed by atoms with Crippen LogP contribution in [0.15, 0.2) is 42.4 Å². The van der Waals surface area contributed by atoms with Gasteiger partial charge in [0.05, 0.1) is 48.2 Å². The number of hydrogen-bond donors (Lipinski definition) is 3. The van der Waals surface area contributed by atoms with Gasteiger partial charge in [-0.15, -0.1) is 0 Å². The minimum absolute atomic E-state index is 0.0461. The molecule has 33 heavy (non-hydrogen) atoms. The number of rotatable bonds is 7. The summed E-state index contributed by atoms with van der Waals surface area (Å²) in [5, 5.41) is 11.3. The smallest absolute Gasteiger partial charge is 0.269 e. The number of carbonyl (C=O) groups excluding carboxylic acids is 2. The van der Waals surface area contributed by atoms with Crippen molar-refractivity contribution in [2.75, 3.05) is 20.2 Å². The lowest BCUT2D eigenvalue weighted by Crippen LogP contribution is -2.44. The van der Waals surface area contributed by atoms with Crippen molar-refractivity contribution < 1.29 is 18.7 Å². The first-order valence-corrected chi connectivity index (χ1v) is 10.6. The lowest BCUT2D eigenvalue weighted by molar-refractivity contribution is -0.132. The van der Waals surface area contributed by atoms with Crippen molar-refractivity contribution in [2.45, 2.75) is 19.4 Å². The highest BCUT2D eigenvalue weighted by Gasteiger charge is 2.28. The van der Waals surface area contributed by atoms with Gasteiger partial charge < -0.3 is 26.1 Å². The molecule has 0 aliphatic carbocycles. The Kier molecular flexibility index (Phi) is 7.94. The number of hydrogen-bond acceptors (Lipinski definition) is 7. The molecule has 2 amide bonds. The van der Waals surface area contributed by atoms with Crippen molar-refractivity contribution in [2.24, 2.45) is 11.7 Å². The molecular weight excluding hydrogens is 451 g/mol. The maximum atomic E-state index is 12.9. The number of likely N-dealkylation sites (tertiary alicyclic amines) is 1. The summed E-state index contributed by atoms with van der Waals surface area (Å²) in [4.78, 5) is 34.6. The normalized spacial score (nSPS) is 14.6. The van der Waals surface area contributed by atoms with Crippen LogP contribution in [0.3, 0.4) is 0 Å². The second-order valence-electron chi connectivity index (χ2n) is 7.47. The molecule has 3 heterocycles. The SMILES string of the molecule is COc1cc(C(=N)C=C(N)C(=O)N2CCC(C(=O)NCc3ccc(F)cn3)CC2)c(Cl)cn1. The zero-order valence-electron chi connectivity index (χ0n) is 18.0. The summed E-state index contributed by atoms with van der Waals surface area (Å²) in [6, 6.07) is 4.29. The van der Waals surface area contributed by atoms with E-state index in [2.05, 4.69) is 15.3 Å². The summed E-state index contributed by atoms with van der Waals surface area (Å²) in [5.41, 5.74) is 6.70. The standard InChI is InChI=1S/C22H24ClFN6O3/c1-33-20-8-16(17(23)12-28-20)18(25)9-19(26)22(32)30-6-4-13(5-7-30)21(31)29-11-15-3-2-14(24)10-27-15/h2-3,8-10,12-13,25H,4-7,11,26H2,1H3,(H,29,31). The molecule has 174 valence electrons. The second kappa shape index (κ2) is 10.9. The van der Waals surface area contributed by atoms with E-state index in [1.54, 1.807) is 4.90 Å². The first kappa shape index (κ1) is 24.1. The molecule has 0 bridgehead atoms. The van der Waals surface area contributed by atoms with Gasteiger partial charge in [-0.1, -0.05) is 11.6 Å². The number of allylic oxidation sites excluding steroid dienone is 1. The van der Waals surface area contributed by atoms with E-state index in [0.717, 1.165) is 6.20 Å². The first-order chi connectivity index (χ1) is 15.8. The van der Waals surface area contributed by atoms with Gasteiger partial charge in [-0.2, -0.15) is 0 Å². The van der Waals surface area contributed by atoms with E-state index in [1.807, 2.05) is 0 Å². The van der Waals surface area contributed by atoms with Crippen LogP contribution in [-0.2, 0) is 16.1 Å². The molecule has 2 aromatic rings. The van der Waals surface area contributed by atoms with Crippen molar-refractivity contribution >= 4 is 29.1 Å². The first-order valence-electron chi connectivity index (χ1n) is 10.2. The molecule has 1 saturated heterocycles. The van der Waals surface area contributed by atoms with Gasteiger partial charge in [0.1, 0.15) is 5.82 Å². The van der Waals surface area contributed by atoms with Crippen LogP contribution in [-0.4, -0.2) is 52.6 Å². The molecule has 0 aromatic carbocycles. The number of ether oxygens (including phenoxy) is 1. The fraction of sp³-hybridized carbons (Fsp3) is 0.318. The molecule has 3 rings (SSSR count). The van der Waals surface area contributed by atoms with Gasteiger partial charge in [0.15, 0.2) is 0 Å². The fourth-order valence-electron chi connectivity index (χ4n) is 3.39. The highest BCUT2D eigenvalue weighted by Crippen LogP contribution is 2.21. The molecule has 0 radical (unpaired) electrons. The Hall–Kier alpha value is -3.53. The molecule has 0 saturated carbocycles. The third-order valence-electron chi connectivity index (χ3n) is 5.26. The Morgan fingerprint density at radius 3 is 2.70 bits per heavy atom. The molecular formula is C22H24ClFN6O3. The van der Waals surface area contributed by atoms with E-state index in [0.29, 0.717) is 37.2 Å². The maximum Gasteiger partial charge on any atom is 0.269 e. The van der Waals surface area contributed by atoms with Crippen LogP contribution in [0, 0.1) is 17.1 Å². The summed E-state index contributed by atoms with van der Waals surface area (Å²) in [6.45, 7) is 0.924. The monoisotopic (exact) mass is 474 g/mol. The molecule has 0 atom stereocenters. The van der Waals surface area contributed by atoms with Crippen molar-refractivity contribution in [1.29, 1.82) is 5.41 Å². The number of nitrogens with zero attached hydrogens (tertiary/aromatic N) is 3. The minimum atomic E-state index is -0.436. The number of halogens is 2. The Balaban J connectivity index is 1.53. The number of amides is 2. The number of methoxy groups -OCH3 is 1. The lowest BCUT2D eigenvalue weighted by atomic mass is 9.95. The van der Waals surface area contributed by atoms with Crippen molar-refractivity contribution in [1.82, 2.24) is 20.2 Å². The van der Waals surface area contributed by atoms with Crippen LogP contribution < -0.4 is 15.8 Å². The number of nitrogens with two attached hydrogens (primary N) is 1. The van der Waals surface area contributed by atoms with Gasteiger partial charge in [-0.05, 0) is 31.1 Å². The average Bonchev–Trinajstić information content (AvgIpc) is 2.83. The Morgan fingerprint density at radius 2 is 2.06 bits per heavy atom. The number of nitrogens with one attached hydrogen (secondary N) is 2. The van der Waals surface area contributed by atoms with Crippen LogP contribution in [0.4, 0.5) is 4.39 Å². The summed E-state index contributed by atoms with van der Waals surface area (Å²) in [5.74, 6) is -0.950. The molecule has 1 aliphatic heterocycles. The molecule has 0 unspecified atom stereocenters. The third kappa shape index (κ3) is 6.26. The number of piperidine rings is 1. The third-order valence-corrected chi connectivity index (χ3v) is 5.56. The van der Waals surface area contributed by atoms with Gasteiger partial charge >= 0.3 is 0 Å². The van der Waals surface area contributed by atoms with Gasteiger partial charge in [-0.3, -0.25) is 14.6 Å². The van der Waals surface area contributed by atoms with E-state index in [-0.39, 0.29) is 40.7 Å². The second-order valence-corrected chi connectivity index (χ2v) is 7.88. The predicted octanol–water partition coefficient (Wildman–Crippen LogP) is 2.04. The van der Waals surface area contributed by atoms with E-state index >= 15 is 0 Å². The summed E-state index contributed by atoms with van der Waals surface area (Å²) >= 11 is 6.09. The van der Waals surface area contributed by atoms with Crippen LogP contribution in [0.2, 0.25) is 5.02 Å². The molecule has 1 aliphatic rings. The van der Waals surface area contributed by atoms with Gasteiger partial charge in [0.25, 0.3) is 5.91 Å². The van der Waals surface area contributed by atoms with E-state index in [4.69, 9.17) is 27.5 Å². The number of aromatic nitrogens is 2. The number of carbonyl (C=O) groups is 2. The van der Waals surface area contributed by atoms with Crippen molar-refractivity contribution in [3.8, 4) is 5.88 Å². The predicted molar refractivity (Wildman–Crippen MR) is 120 cm³/mol. The maximum absolute atomic E-state index is 12.9. The zero-order chi connectivity index (χ0) is 24.0. The summed E-state index contributed by atoms with van der Waals surface area (Å²) in [6.07, 6.45) is 4.66. The highest BCUT2D eigenvalue weighted by atomic mass is 35.5. The topological polar surface area (TPSA) is 134 Å². The van der Waals surface area contributed by atoms with Crippen molar-refractivity contribution in [3.05, 3.63) is 64.5 Å². The molecule has 0 spiro atoms. The summed E-state index contributed by atoms with van der Waals surface area (Å²) in [7, 11) is 1.45. The van der Waals surface area contributed by atoms with Crippen LogP contribution in [0.1, 0.15) is 24.1 Å². The van der Waals surface area contributed by atoms with Crippen LogP contribution in [0.25, 0.3) is 0 Å². The Morgan fingerprint density at radius 1 is 1.33 bits per heavy atom. The van der Waals surface area contributed by atoms with Crippen LogP contribution in [0.5, 0.6) is 5.88 Å². The average molecular weight is 475 g/mol. The molecule has 11 heteroatoms. The summed E-state index contributed by atoms with van der Waals surface area (Å²) < 4.78 is 18.0. The molecule has 9 nitrogen and oxygen atoms in total. The van der Waals surface area contributed by atoms with E-state index in [1.165, 1.54) is 37.6 Å². The van der Waals surface area contributed by atoms with Gasteiger partial charge in [0.2, 0.25) is 11.8 Å². The van der Waals surface area contributed by atoms with E-state index in [9.17, 15) is 14.0 Å².